The standard InChI is InChI=1S/C16H20N2O3/c1-10(12-5-8-21-9-6-12)18-11(2)14(16(19)20)13-4-3-7-17-15(13)18/h3-4,7,10,12H,5-6,8-9H2,1-2H3,(H,19,20). The zero-order chi connectivity index (χ0) is 15.0. The van der Waals surface area contributed by atoms with Crippen molar-refractivity contribution in [2.45, 2.75) is 32.7 Å². The van der Waals surface area contributed by atoms with Crippen LogP contribution in [-0.2, 0) is 4.74 Å². The third-order valence-electron chi connectivity index (χ3n) is 4.58. The van der Waals surface area contributed by atoms with Crippen LogP contribution in [0.25, 0.3) is 11.0 Å². The normalized spacial score (nSPS) is 18.0. The van der Waals surface area contributed by atoms with Gasteiger partial charge in [0.15, 0.2) is 0 Å². The summed E-state index contributed by atoms with van der Waals surface area (Å²) >= 11 is 0. The third kappa shape index (κ3) is 2.31. The summed E-state index contributed by atoms with van der Waals surface area (Å²) in [5.41, 5.74) is 1.93. The van der Waals surface area contributed by atoms with Crippen molar-refractivity contribution in [2.75, 3.05) is 13.2 Å². The molecule has 1 atom stereocenters. The summed E-state index contributed by atoms with van der Waals surface area (Å²) in [6, 6.07) is 3.85. The number of pyridine rings is 1. The van der Waals surface area contributed by atoms with Gasteiger partial charge < -0.3 is 14.4 Å². The quantitative estimate of drug-likeness (QED) is 0.943. The molecule has 1 unspecified atom stereocenters. The molecule has 3 heterocycles. The molecule has 2 aromatic rings. The Morgan fingerprint density at radius 3 is 2.86 bits per heavy atom. The number of hydrogen-bond donors (Lipinski definition) is 1. The molecule has 0 bridgehead atoms. The van der Waals surface area contributed by atoms with Gasteiger partial charge >= 0.3 is 5.97 Å². The molecule has 1 aliphatic heterocycles. The van der Waals surface area contributed by atoms with E-state index < -0.39 is 5.97 Å². The molecule has 0 aliphatic carbocycles. The van der Waals surface area contributed by atoms with Gasteiger partial charge in [-0.25, -0.2) is 9.78 Å². The van der Waals surface area contributed by atoms with Gasteiger partial charge in [-0.2, -0.15) is 0 Å². The number of fused-ring (bicyclic) bond motifs is 1. The maximum atomic E-state index is 11.6. The highest BCUT2D eigenvalue weighted by Crippen LogP contribution is 2.34. The van der Waals surface area contributed by atoms with Gasteiger partial charge in [-0.3, -0.25) is 0 Å². The minimum Gasteiger partial charge on any atom is -0.478 e. The number of nitrogens with zero attached hydrogens (tertiary/aromatic N) is 2. The summed E-state index contributed by atoms with van der Waals surface area (Å²) in [7, 11) is 0. The molecule has 0 aromatic carbocycles. The third-order valence-corrected chi connectivity index (χ3v) is 4.58. The van der Waals surface area contributed by atoms with Crippen molar-refractivity contribution in [3.63, 3.8) is 0 Å². The Morgan fingerprint density at radius 1 is 1.48 bits per heavy atom. The first-order valence-electron chi connectivity index (χ1n) is 7.37. The molecule has 0 spiro atoms. The van der Waals surface area contributed by atoms with Gasteiger partial charge in [0, 0.05) is 36.5 Å². The van der Waals surface area contributed by atoms with E-state index in [9.17, 15) is 9.90 Å². The van der Waals surface area contributed by atoms with Crippen molar-refractivity contribution in [1.29, 1.82) is 0 Å². The zero-order valence-corrected chi connectivity index (χ0v) is 12.4. The van der Waals surface area contributed by atoms with E-state index in [1.165, 1.54) is 0 Å². The fourth-order valence-electron chi connectivity index (χ4n) is 3.44. The minimum absolute atomic E-state index is 0.222. The Balaban J connectivity index is 2.13. The molecular formula is C16H20N2O3. The Bertz CT molecular complexity index is 671. The molecule has 1 N–H and O–H groups in total. The lowest BCUT2D eigenvalue weighted by Crippen LogP contribution is -2.25. The number of ether oxygens (including phenoxy) is 1. The number of carbonyl (C=O) groups is 1. The molecule has 0 radical (unpaired) electrons. The summed E-state index contributed by atoms with van der Waals surface area (Å²) < 4.78 is 7.52. The van der Waals surface area contributed by atoms with Crippen molar-refractivity contribution in [3.8, 4) is 0 Å². The van der Waals surface area contributed by atoms with Crippen LogP contribution in [0.15, 0.2) is 18.3 Å². The van der Waals surface area contributed by atoms with Crippen LogP contribution >= 0.6 is 0 Å². The number of aromatic nitrogens is 2. The van der Waals surface area contributed by atoms with E-state index >= 15 is 0 Å². The highest BCUT2D eigenvalue weighted by Gasteiger charge is 2.27. The van der Waals surface area contributed by atoms with Crippen LogP contribution in [0.2, 0.25) is 0 Å². The summed E-state index contributed by atoms with van der Waals surface area (Å²) in [5, 5.41) is 10.2. The van der Waals surface area contributed by atoms with E-state index in [4.69, 9.17) is 4.74 Å². The minimum atomic E-state index is -0.886. The van der Waals surface area contributed by atoms with E-state index in [1.54, 1.807) is 12.3 Å². The maximum absolute atomic E-state index is 11.6. The van der Waals surface area contributed by atoms with E-state index in [1.807, 2.05) is 13.0 Å². The molecule has 112 valence electrons. The maximum Gasteiger partial charge on any atom is 0.338 e. The molecule has 5 heteroatoms. The van der Waals surface area contributed by atoms with Crippen LogP contribution < -0.4 is 0 Å². The molecule has 0 saturated carbocycles. The number of carboxylic acids is 1. The second-order valence-corrected chi connectivity index (χ2v) is 5.70. The van der Waals surface area contributed by atoms with Crippen LogP contribution in [0.3, 0.4) is 0 Å². The van der Waals surface area contributed by atoms with E-state index in [-0.39, 0.29) is 6.04 Å². The first kappa shape index (κ1) is 14.1. The number of aromatic carboxylic acids is 1. The predicted molar refractivity (Wildman–Crippen MR) is 79.7 cm³/mol. The Labute approximate surface area is 123 Å². The fourth-order valence-corrected chi connectivity index (χ4v) is 3.44. The summed E-state index contributed by atoms with van der Waals surface area (Å²) in [4.78, 5) is 16.0. The highest BCUT2D eigenvalue weighted by atomic mass is 16.5. The Hall–Kier alpha value is -1.88. The number of rotatable bonds is 3. The Kier molecular flexibility index (Phi) is 3.68. The average Bonchev–Trinajstić information content (AvgIpc) is 2.79. The Morgan fingerprint density at radius 2 is 2.19 bits per heavy atom. The molecule has 3 rings (SSSR count). The summed E-state index contributed by atoms with van der Waals surface area (Å²) in [6.07, 6.45) is 3.74. The molecule has 1 aliphatic rings. The zero-order valence-electron chi connectivity index (χ0n) is 12.4. The molecule has 2 aromatic heterocycles. The summed E-state index contributed by atoms with van der Waals surface area (Å²) in [5.74, 6) is -0.389. The number of carboxylic acid groups (broad SMARTS) is 1. The predicted octanol–water partition coefficient (Wildman–Crippen LogP) is 3.03. The first-order chi connectivity index (χ1) is 10.1. The molecule has 1 fully saturated rings. The second kappa shape index (κ2) is 5.48. The van der Waals surface area contributed by atoms with Gasteiger partial charge in [-0.1, -0.05) is 0 Å². The largest absolute Gasteiger partial charge is 0.478 e. The molecule has 1 saturated heterocycles. The van der Waals surface area contributed by atoms with Crippen molar-refractivity contribution in [3.05, 3.63) is 29.6 Å². The first-order valence-corrected chi connectivity index (χ1v) is 7.37. The van der Waals surface area contributed by atoms with Crippen LogP contribution in [0, 0.1) is 12.8 Å². The van der Waals surface area contributed by atoms with E-state index in [0.717, 1.165) is 42.8 Å². The van der Waals surface area contributed by atoms with Crippen LogP contribution in [0.5, 0.6) is 0 Å². The van der Waals surface area contributed by atoms with Crippen LogP contribution in [-0.4, -0.2) is 33.8 Å². The van der Waals surface area contributed by atoms with E-state index in [2.05, 4.69) is 16.5 Å². The lowest BCUT2D eigenvalue weighted by molar-refractivity contribution is 0.0515. The van der Waals surface area contributed by atoms with Gasteiger partial charge in [-0.05, 0) is 44.7 Å². The van der Waals surface area contributed by atoms with Crippen molar-refractivity contribution in [1.82, 2.24) is 9.55 Å². The highest BCUT2D eigenvalue weighted by molar-refractivity contribution is 6.04. The number of hydrogen-bond acceptors (Lipinski definition) is 3. The van der Waals surface area contributed by atoms with Gasteiger partial charge in [0.05, 0.1) is 5.56 Å². The van der Waals surface area contributed by atoms with Crippen LogP contribution in [0.1, 0.15) is 41.9 Å². The fraction of sp³-hybridized carbons (Fsp3) is 0.500. The monoisotopic (exact) mass is 288 g/mol. The SMILES string of the molecule is Cc1c(C(=O)O)c2cccnc2n1C(C)C1CCOCC1. The van der Waals surface area contributed by atoms with Crippen molar-refractivity contribution < 1.29 is 14.6 Å². The average molecular weight is 288 g/mol. The van der Waals surface area contributed by atoms with Gasteiger partial charge in [0.25, 0.3) is 0 Å². The molecule has 0 amide bonds. The smallest absolute Gasteiger partial charge is 0.338 e. The lowest BCUT2D eigenvalue weighted by Gasteiger charge is -2.30. The molecule has 5 nitrogen and oxygen atoms in total. The topological polar surface area (TPSA) is 64.3 Å². The lowest BCUT2D eigenvalue weighted by atomic mass is 9.92. The van der Waals surface area contributed by atoms with Gasteiger partial charge in [0.1, 0.15) is 5.65 Å². The van der Waals surface area contributed by atoms with Crippen LogP contribution in [0.4, 0.5) is 0 Å². The van der Waals surface area contributed by atoms with Crippen molar-refractivity contribution in [2.24, 2.45) is 5.92 Å². The van der Waals surface area contributed by atoms with Gasteiger partial charge in [0.2, 0.25) is 0 Å². The molecular weight excluding hydrogens is 268 g/mol. The molecule has 21 heavy (non-hydrogen) atoms. The van der Waals surface area contributed by atoms with Gasteiger partial charge in [-0.15, -0.1) is 0 Å². The summed E-state index contributed by atoms with van der Waals surface area (Å²) in [6.45, 7) is 5.60. The van der Waals surface area contributed by atoms with E-state index in [0.29, 0.717) is 11.5 Å². The van der Waals surface area contributed by atoms with Crippen molar-refractivity contribution >= 4 is 17.0 Å². The second-order valence-electron chi connectivity index (χ2n) is 5.70.